The van der Waals surface area contributed by atoms with Gasteiger partial charge in [-0.05, 0) is 0 Å². The Labute approximate surface area is 264 Å². The predicted molar refractivity (Wildman–Crippen MR) is 185 cm³/mol. The minimum atomic E-state index is -2.78. The maximum absolute atomic E-state index is 14.2. The van der Waals surface area contributed by atoms with Crippen LogP contribution in [0.2, 0.25) is 0 Å². The summed E-state index contributed by atoms with van der Waals surface area (Å²) < 4.78 is 16.0. The molecule has 1 N–H and O–H groups in total. The van der Waals surface area contributed by atoms with Crippen molar-refractivity contribution in [2.75, 3.05) is 0 Å². The zero-order chi connectivity index (χ0) is 31.2. The number of rotatable bonds is 10. The summed E-state index contributed by atoms with van der Waals surface area (Å²) in [5, 5.41) is 11.9. The first kappa shape index (κ1) is 30.2. The maximum atomic E-state index is 14.2. The molecule has 6 rings (SSSR count). The van der Waals surface area contributed by atoms with E-state index in [1.165, 1.54) is 28.0 Å². The van der Waals surface area contributed by atoms with E-state index in [0.29, 0.717) is 24.1 Å². The van der Waals surface area contributed by atoms with E-state index in [4.69, 9.17) is 5.10 Å². The Bertz CT molecular complexity index is 1760. The molecular weight excluding hydrogens is 576 g/mol. The van der Waals surface area contributed by atoms with Crippen molar-refractivity contribution >= 4 is 29.1 Å². The van der Waals surface area contributed by atoms with Gasteiger partial charge >= 0.3 is 265 Å². The third-order valence-corrected chi connectivity index (χ3v) is 13.2. The molecule has 0 aliphatic heterocycles. The number of amides is 1. The molecule has 6 aromatic rings. The fraction of sp³-hybridized carbons (Fsp3) is 0.128. The third kappa shape index (κ3) is 6.22. The quantitative estimate of drug-likeness (QED) is 0.165. The van der Waals surface area contributed by atoms with E-state index in [9.17, 15) is 9.18 Å². The van der Waals surface area contributed by atoms with Gasteiger partial charge in [0.2, 0.25) is 0 Å². The summed E-state index contributed by atoms with van der Waals surface area (Å²) in [5.41, 5.74) is 4.00. The van der Waals surface area contributed by atoms with E-state index in [1.807, 2.05) is 35.0 Å². The molecule has 0 radical (unpaired) electrons. The van der Waals surface area contributed by atoms with Gasteiger partial charge in [-0.1, -0.05) is 0 Å². The molecule has 4 nitrogen and oxygen atoms in total. The first-order valence-corrected chi connectivity index (χ1v) is 17.5. The average molecular weight is 614 g/mol. The van der Waals surface area contributed by atoms with Crippen molar-refractivity contribution in [3.8, 4) is 5.69 Å². The van der Waals surface area contributed by atoms with Gasteiger partial charge in [0.05, 0.1) is 0 Å². The molecule has 0 atom stereocenters. The molecule has 226 valence electrons. The number of hydrogen-bond acceptors (Lipinski definition) is 2. The van der Waals surface area contributed by atoms with Crippen LogP contribution in [-0.4, -0.2) is 15.7 Å². The van der Waals surface area contributed by atoms with Crippen LogP contribution in [0.3, 0.4) is 0 Å². The molecule has 1 amide bonds. The molecule has 1 aromatic heterocycles. The van der Waals surface area contributed by atoms with Crippen LogP contribution in [0.1, 0.15) is 47.1 Å². The number of nitrogens with zero attached hydrogens (tertiary/aromatic N) is 2. The number of benzene rings is 5. The summed E-state index contributed by atoms with van der Waals surface area (Å²) in [6.45, 7) is 4.62. The third-order valence-electron chi connectivity index (χ3n) is 8.41. The Morgan fingerprint density at radius 3 is 1.64 bits per heavy atom. The van der Waals surface area contributed by atoms with Crippen molar-refractivity contribution in [2.24, 2.45) is 0 Å². The van der Waals surface area contributed by atoms with Crippen LogP contribution in [0.4, 0.5) is 4.39 Å². The van der Waals surface area contributed by atoms with Crippen molar-refractivity contribution in [3.63, 3.8) is 0 Å². The van der Waals surface area contributed by atoms with Crippen LogP contribution in [-0.2, 0) is 12.7 Å². The topological polar surface area (TPSA) is 46.9 Å². The fourth-order valence-corrected chi connectivity index (χ4v) is 11.0. The van der Waals surface area contributed by atoms with Crippen LogP contribution in [0, 0.1) is 5.82 Å². The van der Waals surface area contributed by atoms with Gasteiger partial charge in [0, 0.05) is 0 Å². The molecule has 0 aliphatic rings. The van der Waals surface area contributed by atoms with E-state index in [1.54, 1.807) is 12.1 Å². The Kier molecular flexibility index (Phi) is 9.00. The van der Waals surface area contributed by atoms with E-state index >= 15 is 0 Å². The number of aromatic nitrogens is 2. The van der Waals surface area contributed by atoms with Crippen molar-refractivity contribution in [3.05, 3.63) is 174 Å². The average Bonchev–Trinajstić information content (AvgIpc) is 3.47. The van der Waals surface area contributed by atoms with Crippen LogP contribution >= 0.6 is 7.26 Å². The Morgan fingerprint density at radius 1 is 0.711 bits per heavy atom. The zero-order valence-electron chi connectivity index (χ0n) is 25.5. The Balaban J connectivity index is 1.59. The van der Waals surface area contributed by atoms with Crippen molar-refractivity contribution < 1.29 is 9.18 Å². The van der Waals surface area contributed by atoms with Crippen LogP contribution < -0.4 is 21.2 Å². The molecule has 5 aromatic carbocycles. The van der Waals surface area contributed by atoms with Gasteiger partial charge in [-0.25, -0.2) is 0 Å². The minimum absolute atomic E-state index is 0.000642. The number of halogens is 1. The first-order chi connectivity index (χ1) is 22.0. The van der Waals surface area contributed by atoms with Gasteiger partial charge in [0.1, 0.15) is 0 Å². The Hall–Kier alpha value is -4.86. The second-order valence-electron chi connectivity index (χ2n) is 11.6. The summed E-state index contributed by atoms with van der Waals surface area (Å²) in [6, 6.07) is 48.4. The van der Waals surface area contributed by atoms with Crippen LogP contribution in [0.5, 0.6) is 0 Å². The normalized spacial score (nSPS) is 11.8. The number of carbonyl (C=O) groups excluding carboxylic acids is 1. The summed E-state index contributed by atoms with van der Waals surface area (Å²) in [5.74, 6) is -0.546. The molecule has 0 fully saturated rings. The molecule has 45 heavy (non-hydrogen) atoms. The molecule has 6 heteroatoms. The summed E-state index contributed by atoms with van der Waals surface area (Å²) in [6.07, 6.45) is 0.648. The van der Waals surface area contributed by atoms with Gasteiger partial charge in [0.25, 0.3) is 0 Å². The molecule has 0 bridgehead atoms. The van der Waals surface area contributed by atoms with E-state index in [-0.39, 0.29) is 17.6 Å². The Morgan fingerprint density at radius 2 is 1.18 bits per heavy atom. The monoisotopic (exact) mass is 613 g/mol. The standard InChI is InChI=1S/C39H37FN3OP/c1-29(2)37-36(28-45(33-17-9-4-10-18-33,34-19-11-5-12-20-34)35-21-13-6-14-22-35)43(32-25-23-31(40)24-26-32)42-38(37)39(44)41-27-30-15-7-3-8-16-30/h3-26,29,45H,27-28H2,1-2H3,(H,41,44). The molecule has 0 unspecified atom stereocenters. The second-order valence-corrected chi connectivity index (χ2v) is 15.5. The molecule has 0 aliphatic carbocycles. The molecule has 0 saturated carbocycles. The van der Waals surface area contributed by atoms with Crippen LogP contribution in [0.25, 0.3) is 5.69 Å². The number of nitrogens with one attached hydrogen (secondary N) is 1. The van der Waals surface area contributed by atoms with E-state index in [2.05, 4.69) is 110 Å². The van der Waals surface area contributed by atoms with Crippen molar-refractivity contribution in [2.45, 2.75) is 32.5 Å². The fourth-order valence-electron chi connectivity index (χ4n) is 6.29. The van der Waals surface area contributed by atoms with Gasteiger partial charge in [0.15, 0.2) is 0 Å². The van der Waals surface area contributed by atoms with Gasteiger partial charge in [-0.2, -0.15) is 0 Å². The van der Waals surface area contributed by atoms with E-state index in [0.717, 1.165) is 16.8 Å². The summed E-state index contributed by atoms with van der Waals surface area (Å²) in [7, 11) is -2.78. The van der Waals surface area contributed by atoms with Crippen LogP contribution in [0.15, 0.2) is 146 Å². The van der Waals surface area contributed by atoms with Crippen molar-refractivity contribution in [1.29, 1.82) is 0 Å². The molecule has 1 heterocycles. The zero-order valence-corrected chi connectivity index (χ0v) is 26.5. The van der Waals surface area contributed by atoms with Gasteiger partial charge in [-0.3, -0.25) is 0 Å². The molecular formula is C39H37FN3OP. The SMILES string of the molecule is CC(C)c1c(C(=O)NCc2ccccc2)nn(-c2ccc(F)cc2)c1C[PH](c1ccccc1)(c1ccccc1)c1ccccc1. The van der Waals surface area contributed by atoms with Gasteiger partial charge in [-0.15, -0.1) is 0 Å². The van der Waals surface area contributed by atoms with Gasteiger partial charge < -0.3 is 0 Å². The number of hydrogen-bond donors (Lipinski definition) is 1. The predicted octanol–water partition coefficient (Wildman–Crippen LogP) is 7.29. The van der Waals surface area contributed by atoms with Crippen molar-refractivity contribution in [1.82, 2.24) is 15.1 Å². The first-order valence-electron chi connectivity index (χ1n) is 15.3. The number of carbonyl (C=O) groups is 1. The second kappa shape index (κ2) is 13.4. The molecule has 0 spiro atoms. The van der Waals surface area contributed by atoms with E-state index < -0.39 is 7.26 Å². The summed E-state index contributed by atoms with van der Waals surface area (Å²) >= 11 is 0. The molecule has 0 saturated heterocycles. The summed E-state index contributed by atoms with van der Waals surface area (Å²) in [4.78, 5) is 13.9.